The molecule has 1 fully saturated rings. The topological polar surface area (TPSA) is 9.23 Å². The quantitative estimate of drug-likeness (QED) is 0.340. The first kappa shape index (κ1) is 13.7. The molecule has 0 atom stereocenters. The van der Waals surface area contributed by atoms with Gasteiger partial charge in [-0.15, -0.1) is 0 Å². The summed E-state index contributed by atoms with van der Waals surface area (Å²) in [6.07, 6.45) is 5.51. The zero-order chi connectivity index (χ0) is 10.3. The van der Waals surface area contributed by atoms with Crippen LogP contribution in [0, 0.1) is 0 Å². The van der Waals surface area contributed by atoms with E-state index in [0.717, 1.165) is 6.61 Å². The third-order valence-electron chi connectivity index (χ3n) is 2.97. The van der Waals surface area contributed by atoms with E-state index in [4.69, 9.17) is 4.43 Å². The summed E-state index contributed by atoms with van der Waals surface area (Å²) in [6, 6.07) is 4.29. The smallest absolute Gasteiger partial charge is 0.192 e. The Kier molecular flexibility index (Phi) is 7.67. The van der Waals surface area contributed by atoms with Crippen LogP contribution in [0.4, 0.5) is 0 Å². The van der Waals surface area contributed by atoms with E-state index in [1.165, 1.54) is 52.7 Å². The second-order valence-corrected chi connectivity index (χ2v) is 10.4. The fourth-order valence-corrected chi connectivity index (χ4v) is 8.71. The molecule has 1 rings (SSSR count). The summed E-state index contributed by atoms with van der Waals surface area (Å²) in [6.45, 7) is 1.06. The van der Waals surface area contributed by atoms with Gasteiger partial charge in [0.2, 0.25) is 0 Å². The van der Waals surface area contributed by atoms with Gasteiger partial charge >= 0.3 is 0 Å². The maximum absolute atomic E-state index is 6.20. The van der Waals surface area contributed by atoms with Gasteiger partial charge in [0.1, 0.15) is 0 Å². The Morgan fingerprint density at radius 3 is 2.07 bits per heavy atom. The van der Waals surface area contributed by atoms with E-state index in [-0.39, 0.29) is 0 Å². The zero-order valence-electron chi connectivity index (χ0n) is 8.74. The first-order valence-electron chi connectivity index (χ1n) is 5.59. The average Bonchev–Trinajstić information content (AvgIpc) is 2.25. The molecule has 0 saturated carbocycles. The molecule has 1 aliphatic rings. The van der Waals surface area contributed by atoms with Crippen LogP contribution in [0.2, 0.25) is 18.1 Å². The van der Waals surface area contributed by atoms with E-state index in [1.54, 1.807) is 0 Å². The molecule has 0 bridgehead atoms. The monoisotopic (exact) mass is 438 g/mol. The van der Waals surface area contributed by atoms with Crippen molar-refractivity contribution in [2.75, 3.05) is 15.5 Å². The minimum atomic E-state index is -1.23. The number of rotatable bonds is 6. The minimum absolute atomic E-state index is 1.06. The largest absolute Gasteiger partial charge is 0.417 e. The van der Waals surface area contributed by atoms with Crippen molar-refractivity contribution in [3.63, 3.8) is 0 Å². The predicted octanol–water partition coefficient (Wildman–Crippen LogP) is 4.39. The van der Waals surface area contributed by atoms with Crippen LogP contribution in [0.15, 0.2) is 0 Å². The molecule has 84 valence electrons. The van der Waals surface area contributed by atoms with Crippen molar-refractivity contribution < 1.29 is 4.43 Å². The second-order valence-electron chi connectivity index (χ2n) is 4.07. The lowest BCUT2D eigenvalue weighted by atomic mass is 10.4. The van der Waals surface area contributed by atoms with Crippen LogP contribution in [0.3, 0.4) is 0 Å². The highest BCUT2D eigenvalue weighted by Crippen LogP contribution is 2.32. The first-order valence-corrected chi connectivity index (χ1v) is 11.2. The minimum Gasteiger partial charge on any atom is -0.417 e. The summed E-state index contributed by atoms with van der Waals surface area (Å²) >= 11 is 4.99. The van der Waals surface area contributed by atoms with Gasteiger partial charge in [-0.25, -0.2) is 0 Å². The van der Waals surface area contributed by atoms with E-state index in [2.05, 4.69) is 45.2 Å². The van der Waals surface area contributed by atoms with Crippen LogP contribution < -0.4 is 0 Å². The molecule has 0 amide bonds. The van der Waals surface area contributed by atoms with Gasteiger partial charge in [0.05, 0.1) is 0 Å². The zero-order valence-corrected chi connectivity index (χ0v) is 14.1. The molecule has 0 aromatic rings. The van der Waals surface area contributed by atoms with Gasteiger partial charge in [-0.3, -0.25) is 0 Å². The van der Waals surface area contributed by atoms with Crippen LogP contribution in [0.5, 0.6) is 0 Å². The summed E-state index contributed by atoms with van der Waals surface area (Å²) in [5.74, 6) is 0. The summed E-state index contributed by atoms with van der Waals surface area (Å²) in [5.41, 5.74) is 0. The highest BCUT2D eigenvalue weighted by atomic mass is 127. The van der Waals surface area contributed by atoms with Crippen molar-refractivity contribution in [2.24, 2.45) is 0 Å². The molecule has 1 aliphatic heterocycles. The van der Waals surface area contributed by atoms with Crippen LogP contribution >= 0.6 is 45.2 Å². The molecule has 1 nitrogen and oxygen atoms in total. The number of hydrogen-bond donors (Lipinski definition) is 0. The lowest BCUT2D eigenvalue weighted by molar-refractivity contribution is 0.264. The number of hydrogen-bond acceptors (Lipinski definition) is 1. The molecule has 0 aliphatic carbocycles. The molecule has 0 unspecified atom stereocenters. The van der Waals surface area contributed by atoms with Gasteiger partial charge in [-0.1, -0.05) is 51.6 Å². The van der Waals surface area contributed by atoms with Gasteiger partial charge in [0, 0.05) is 6.61 Å². The lowest BCUT2D eigenvalue weighted by Crippen LogP contribution is -2.41. The molecule has 0 radical (unpaired) electrons. The standard InChI is InChI=1S/C10H20I2OSi/c11-5-3-9-14(10-4-6-12)8-2-1-7-13-14/h1-10H2. The molecular formula is C10H20I2OSi. The maximum Gasteiger partial charge on any atom is 0.192 e. The fraction of sp³-hybridized carbons (Fsp3) is 1.00. The summed E-state index contributed by atoms with van der Waals surface area (Å²) in [4.78, 5) is 0. The Balaban J connectivity index is 2.39. The molecule has 14 heavy (non-hydrogen) atoms. The van der Waals surface area contributed by atoms with Crippen molar-refractivity contribution >= 4 is 53.5 Å². The van der Waals surface area contributed by atoms with E-state index >= 15 is 0 Å². The average molecular weight is 438 g/mol. The van der Waals surface area contributed by atoms with Gasteiger partial charge in [-0.2, -0.15) is 0 Å². The maximum atomic E-state index is 6.20. The Morgan fingerprint density at radius 2 is 1.64 bits per heavy atom. The SMILES string of the molecule is ICCC[Si]1(CCCI)CCCCO1. The van der Waals surface area contributed by atoms with E-state index in [1.807, 2.05) is 0 Å². The van der Waals surface area contributed by atoms with Crippen molar-refractivity contribution in [1.82, 2.24) is 0 Å². The van der Waals surface area contributed by atoms with Crippen molar-refractivity contribution in [3.05, 3.63) is 0 Å². The summed E-state index contributed by atoms with van der Waals surface area (Å²) in [7, 11) is -1.23. The molecule has 0 aromatic carbocycles. The van der Waals surface area contributed by atoms with Gasteiger partial charge in [0.25, 0.3) is 0 Å². The van der Waals surface area contributed by atoms with E-state index < -0.39 is 8.32 Å². The highest BCUT2D eigenvalue weighted by molar-refractivity contribution is 14.1. The Labute approximate surface area is 116 Å². The van der Waals surface area contributed by atoms with Gasteiger partial charge in [-0.05, 0) is 46.2 Å². The number of alkyl halides is 2. The van der Waals surface area contributed by atoms with Crippen LogP contribution in [0.25, 0.3) is 0 Å². The molecule has 4 heteroatoms. The molecular weight excluding hydrogens is 418 g/mol. The van der Waals surface area contributed by atoms with Gasteiger partial charge in [0.15, 0.2) is 8.32 Å². The third-order valence-corrected chi connectivity index (χ3v) is 9.10. The van der Waals surface area contributed by atoms with Crippen molar-refractivity contribution in [1.29, 1.82) is 0 Å². The number of halogens is 2. The van der Waals surface area contributed by atoms with Crippen LogP contribution in [-0.4, -0.2) is 23.8 Å². The molecule has 0 spiro atoms. The molecule has 1 heterocycles. The van der Waals surface area contributed by atoms with Crippen molar-refractivity contribution in [2.45, 2.75) is 43.8 Å². The molecule has 0 aromatic heterocycles. The van der Waals surface area contributed by atoms with E-state index in [0.29, 0.717) is 0 Å². The summed E-state index contributed by atoms with van der Waals surface area (Å²) < 4.78 is 8.81. The third kappa shape index (κ3) is 4.65. The van der Waals surface area contributed by atoms with Gasteiger partial charge < -0.3 is 4.43 Å². The Morgan fingerprint density at radius 1 is 1.00 bits per heavy atom. The lowest BCUT2D eigenvalue weighted by Gasteiger charge is -2.35. The second kappa shape index (κ2) is 7.84. The fourth-order valence-electron chi connectivity index (χ4n) is 2.21. The van der Waals surface area contributed by atoms with E-state index in [9.17, 15) is 0 Å². The summed E-state index contributed by atoms with van der Waals surface area (Å²) in [5, 5.41) is 0. The Bertz CT molecular complexity index is 139. The predicted molar refractivity (Wildman–Crippen MR) is 82.4 cm³/mol. The molecule has 0 N–H and O–H groups in total. The van der Waals surface area contributed by atoms with Crippen molar-refractivity contribution in [3.8, 4) is 0 Å². The first-order chi connectivity index (χ1) is 6.83. The Hall–Kier alpha value is 1.64. The molecule has 1 saturated heterocycles. The highest BCUT2D eigenvalue weighted by Gasteiger charge is 2.35. The normalized spacial score (nSPS) is 21.0. The van der Waals surface area contributed by atoms with Crippen LogP contribution in [0.1, 0.15) is 25.7 Å². The van der Waals surface area contributed by atoms with Crippen LogP contribution in [-0.2, 0) is 4.43 Å².